The van der Waals surface area contributed by atoms with Crippen LogP contribution < -0.4 is 5.32 Å². The van der Waals surface area contributed by atoms with Gasteiger partial charge in [-0.1, -0.05) is 0 Å². The molecule has 5 nitrogen and oxygen atoms in total. The van der Waals surface area contributed by atoms with E-state index < -0.39 is 0 Å². The van der Waals surface area contributed by atoms with E-state index in [1.165, 1.54) is 6.26 Å². The number of rotatable bonds is 2. The average molecular weight is 285 g/mol. The van der Waals surface area contributed by atoms with Gasteiger partial charge in [0.15, 0.2) is 0 Å². The van der Waals surface area contributed by atoms with Crippen molar-refractivity contribution < 1.29 is 14.3 Å². The van der Waals surface area contributed by atoms with Crippen molar-refractivity contribution in [3.05, 3.63) is 35.0 Å². The van der Waals surface area contributed by atoms with Gasteiger partial charge in [0.25, 0.3) is 5.91 Å². The number of amides is 1. The number of pyridine rings is 1. The van der Waals surface area contributed by atoms with Crippen LogP contribution in [0.4, 0.5) is 5.69 Å². The molecule has 0 spiro atoms. The molecule has 16 heavy (non-hydrogen) atoms. The van der Waals surface area contributed by atoms with E-state index in [1.54, 1.807) is 18.5 Å². The largest absolute Gasteiger partial charge is 0.494 e. The fraction of sp³-hybridized carbons (Fsp3) is 0.200. The maximum absolute atomic E-state index is 11.7. The zero-order valence-corrected chi connectivity index (χ0v) is 9.86. The summed E-state index contributed by atoms with van der Waals surface area (Å²) in [7, 11) is 0. The molecule has 2 heterocycles. The molecule has 1 aliphatic heterocycles. The van der Waals surface area contributed by atoms with Crippen molar-refractivity contribution in [2.75, 3.05) is 18.5 Å². The van der Waals surface area contributed by atoms with Crippen LogP contribution in [0.1, 0.15) is 0 Å². The summed E-state index contributed by atoms with van der Waals surface area (Å²) >= 11 is 3.28. The fourth-order valence-corrected chi connectivity index (χ4v) is 1.50. The Bertz CT molecular complexity index is 434. The van der Waals surface area contributed by atoms with E-state index in [0.717, 1.165) is 0 Å². The van der Waals surface area contributed by atoms with Crippen molar-refractivity contribution in [3.63, 3.8) is 0 Å². The summed E-state index contributed by atoms with van der Waals surface area (Å²) in [5.74, 6) is -0.165. The number of ether oxygens (including phenoxy) is 2. The van der Waals surface area contributed by atoms with E-state index >= 15 is 0 Å². The van der Waals surface area contributed by atoms with Crippen LogP contribution in [-0.2, 0) is 14.3 Å². The van der Waals surface area contributed by atoms with Crippen molar-refractivity contribution in [2.45, 2.75) is 0 Å². The highest BCUT2D eigenvalue weighted by Crippen LogP contribution is 2.20. The molecule has 1 amide bonds. The lowest BCUT2D eigenvalue weighted by atomic mass is 10.4. The molecule has 1 N–H and O–H groups in total. The molecule has 0 bridgehead atoms. The number of nitrogens with one attached hydrogen (secondary N) is 1. The molecule has 0 aromatic carbocycles. The molecule has 0 saturated carbocycles. The minimum atomic E-state index is -0.341. The normalized spacial score (nSPS) is 14.4. The quantitative estimate of drug-likeness (QED) is 0.898. The first-order chi connectivity index (χ1) is 7.77. The third kappa shape index (κ3) is 2.52. The van der Waals surface area contributed by atoms with E-state index in [9.17, 15) is 4.79 Å². The average Bonchev–Trinajstić information content (AvgIpc) is 2.33. The van der Waals surface area contributed by atoms with Crippen LogP contribution in [0, 0.1) is 0 Å². The Labute approximate surface area is 101 Å². The molecule has 1 aromatic rings. The monoisotopic (exact) mass is 284 g/mol. The molecule has 0 atom stereocenters. The van der Waals surface area contributed by atoms with E-state index in [-0.39, 0.29) is 11.7 Å². The fourth-order valence-electron chi connectivity index (χ4n) is 1.15. The predicted octanol–water partition coefficient (Wildman–Crippen LogP) is 1.67. The number of hydrogen-bond donors (Lipinski definition) is 1. The van der Waals surface area contributed by atoms with Gasteiger partial charge in [0.2, 0.25) is 5.76 Å². The summed E-state index contributed by atoms with van der Waals surface area (Å²) in [6.07, 6.45) is 4.50. The molecule has 1 aliphatic rings. The van der Waals surface area contributed by atoms with Gasteiger partial charge in [0.05, 0.1) is 10.2 Å². The number of anilines is 1. The van der Waals surface area contributed by atoms with E-state index in [1.807, 2.05) is 0 Å². The molecular formula is C10H9BrN2O3. The third-order valence-corrected chi connectivity index (χ3v) is 2.53. The molecule has 6 heteroatoms. The number of hydrogen-bond acceptors (Lipinski definition) is 4. The maximum Gasteiger partial charge on any atom is 0.294 e. The van der Waals surface area contributed by atoms with Crippen LogP contribution in [0.15, 0.2) is 35.0 Å². The van der Waals surface area contributed by atoms with Crippen molar-refractivity contribution in [2.24, 2.45) is 0 Å². The van der Waals surface area contributed by atoms with E-state index in [2.05, 4.69) is 26.2 Å². The van der Waals surface area contributed by atoms with Gasteiger partial charge in [-0.2, -0.15) is 0 Å². The molecule has 2 rings (SSSR count). The number of aromatic nitrogens is 1. The van der Waals surface area contributed by atoms with Crippen LogP contribution in [0.2, 0.25) is 0 Å². The molecule has 0 saturated heterocycles. The zero-order valence-electron chi connectivity index (χ0n) is 8.27. The van der Waals surface area contributed by atoms with Crippen molar-refractivity contribution in [3.8, 4) is 0 Å². The first-order valence-corrected chi connectivity index (χ1v) is 5.42. The Kier molecular flexibility index (Phi) is 3.40. The molecule has 0 radical (unpaired) electrons. The van der Waals surface area contributed by atoms with Gasteiger partial charge in [-0.3, -0.25) is 9.78 Å². The van der Waals surface area contributed by atoms with Gasteiger partial charge in [-0.15, -0.1) is 0 Å². The van der Waals surface area contributed by atoms with Gasteiger partial charge >= 0.3 is 0 Å². The van der Waals surface area contributed by atoms with Crippen molar-refractivity contribution >= 4 is 27.5 Å². The van der Waals surface area contributed by atoms with Gasteiger partial charge in [0.1, 0.15) is 19.5 Å². The minimum absolute atomic E-state index is 0.176. The number of carbonyl (C=O) groups excluding carboxylic acids is 1. The highest BCUT2D eigenvalue weighted by atomic mass is 79.9. The van der Waals surface area contributed by atoms with Gasteiger partial charge in [0, 0.05) is 12.4 Å². The Morgan fingerprint density at radius 3 is 3.06 bits per heavy atom. The van der Waals surface area contributed by atoms with Gasteiger partial charge in [-0.25, -0.2) is 0 Å². The Balaban J connectivity index is 2.07. The molecule has 84 valence electrons. The zero-order chi connectivity index (χ0) is 11.4. The Morgan fingerprint density at radius 1 is 1.50 bits per heavy atom. The Morgan fingerprint density at radius 2 is 2.38 bits per heavy atom. The molecule has 0 unspecified atom stereocenters. The lowest BCUT2D eigenvalue weighted by molar-refractivity contribution is -0.117. The van der Waals surface area contributed by atoms with E-state index in [0.29, 0.717) is 23.4 Å². The molecule has 0 fully saturated rings. The second-order valence-corrected chi connectivity index (χ2v) is 3.87. The number of nitrogens with zero attached hydrogens (tertiary/aromatic N) is 1. The topological polar surface area (TPSA) is 60.5 Å². The minimum Gasteiger partial charge on any atom is -0.494 e. The Hall–Kier alpha value is -1.56. The van der Waals surface area contributed by atoms with Crippen molar-refractivity contribution in [1.82, 2.24) is 4.98 Å². The lowest BCUT2D eigenvalue weighted by Crippen LogP contribution is -2.21. The van der Waals surface area contributed by atoms with Crippen LogP contribution in [-0.4, -0.2) is 24.1 Å². The van der Waals surface area contributed by atoms with Gasteiger partial charge in [-0.05, 0) is 22.0 Å². The first-order valence-electron chi connectivity index (χ1n) is 4.63. The highest BCUT2D eigenvalue weighted by Gasteiger charge is 2.15. The standard InChI is InChI=1S/C10H9BrN2O3/c11-7-5-12-2-1-8(7)13-10(14)9-6-15-3-4-16-9/h1-2,5-6H,3-4H2,(H,12,13,14). The molecule has 0 aliphatic carbocycles. The van der Waals surface area contributed by atoms with E-state index in [4.69, 9.17) is 9.47 Å². The summed E-state index contributed by atoms with van der Waals surface area (Å²) in [4.78, 5) is 15.6. The summed E-state index contributed by atoms with van der Waals surface area (Å²) in [6, 6.07) is 1.69. The van der Waals surface area contributed by atoms with Crippen LogP contribution in [0.25, 0.3) is 0 Å². The van der Waals surface area contributed by atoms with Crippen LogP contribution in [0.3, 0.4) is 0 Å². The summed E-state index contributed by atoms with van der Waals surface area (Å²) in [5, 5.41) is 2.68. The summed E-state index contributed by atoms with van der Waals surface area (Å²) in [5.41, 5.74) is 0.634. The molecule has 1 aromatic heterocycles. The lowest BCUT2D eigenvalue weighted by Gasteiger charge is -2.15. The maximum atomic E-state index is 11.7. The van der Waals surface area contributed by atoms with Crippen molar-refractivity contribution in [1.29, 1.82) is 0 Å². The highest BCUT2D eigenvalue weighted by molar-refractivity contribution is 9.10. The van der Waals surface area contributed by atoms with Gasteiger partial charge < -0.3 is 14.8 Å². The summed E-state index contributed by atoms with van der Waals surface area (Å²) in [6.45, 7) is 0.854. The van der Waals surface area contributed by atoms with Crippen LogP contribution in [0.5, 0.6) is 0 Å². The molecular weight excluding hydrogens is 276 g/mol. The van der Waals surface area contributed by atoms with Crippen LogP contribution >= 0.6 is 15.9 Å². The first kappa shape index (κ1) is 10.9. The smallest absolute Gasteiger partial charge is 0.294 e. The third-order valence-electron chi connectivity index (χ3n) is 1.89. The second-order valence-electron chi connectivity index (χ2n) is 3.01. The predicted molar refractivity (Wildman–Crippen MR) is 60.6 cm³/mol. The number of carbonyl (C=O) groups is 1. The second kappa shape index (κ2) is 4.98. The SMILES string of the molecule is O=C(Nc1ccncc1Br)C1=COCCO1. The number of halogens is 1. The summed E-state index contributed by atoms with van der Waals surface area (Å²) < 4.78 is 10.9.